The van der Waals surface area contributed by atoms with E-state index in [0.29, 0.717) is 12.3 Å². The van der Waals surface area contributed by atoms with E-state index in [2.05, 4.69) is 10.1 Å². The van der Waals surface area contributed by atoms with Crippen molar-refractivity contribution in [2.24, 2.45) is 11.7 Å². The number of ether oxygens (including phenoxy) is 1. The van der Waals surface area contributed by atoms with Gasteiger partial charge in [-0.25, -0.2) is 0 Å². The number of carbonyl (C=O) groups excluding carboxylic acids is 2. The Balaban J connectivity index is 0. The average molecular weight is 253 g/mol. The molecule has 0 aromatic heterocycles. The van der Waals surface area contributed by atoms with Gasteiger partial charge in [0.25, 0.3) is 0 Å². The summed E-state index contributed by atoms with van der Waals surface area (Å²) in [4.78, 5) is 22.1. The fraction of sp³-hybridized carbons (Fsp3) is 0.800. The summed E-state index contributed by atoms with van der Waals surface area (Å²) in [6, 6.07) is -0.498. The van der Waals surface area contributed by atoms with Crippen LogP contribution in [0.4, 0.5) is 0 Å². The van der Waals surface area contributed by atoms with Gasteiger partial charge >= 0.3 is 5.97 Å². The van der Waals surface area contributed by atoms with Crippen LogP contribution < -0.4 is 11.1 Å². The second-order valence-electron chi connectivity index (χ2n) is 3.85. The van der Waals surface area contributed by atoms with Crippen molar-refractivity contribution in [1.29, 1.82) is 0 Å². The molecular formula is C10H21ClN2O3. The van der Waals surface area contributed by atoms with Gasteiger partial charge < -0.3 is 15.8 Å². The van der Waals surface area contributed by atoms with Gasteiger partial charge in [-0.3, -0.25) is 9.59 Å². The first-order chi connectivity index (χ1) is 6.97. The summed E-state index contributed by atoms with van der Waals surface area (Å²) in [7, 11) is 1.31. The fourth-order valence-corrected chi connectivity index (χ4v) is 1.14. The molecule has 0 saturated carbocycles. The third-order valence-corrected chi connectivity index (χ3v) is 1.92. The van der Waals surface area contributed by atoms with Crippen LogP contribution in [0.15, 0.2) is 0 Å². The summed E-state index contributed by atoms with van der Waals surface area (Å²) >= 11 is 0. The Morgan fingerprint density at radius 2 is 1.94 bits per heavy atom. The minimum absolute atomic E-state index is 0. The van der Waals surface area contributed by atoms with E-state index in [1.54, 1.807) is 0 Å². The quantitative estimate of drug-likeness (QED) is 0.673. The van der Waals surface area contributed by atoms with E-state index in [1.807, 2.05) is 13.8 Å². The number of rotatable bonds is 6. The summed E-state index contributed by atoms with van der Waals surface area (Å²) in [5.41, 5.74) is 5.64. The third-order valence-electron chi connectivity index (χ3n) is 1.92. The SMILES string of the molecule is COC(=O)CCNC(=O)[C@@H](N)CC(C)C.Cl. The Kier molecular flexibility index (Phi) is 10.3. The molecule has 0 bridgehead atoms. The number of hydrogen-bond acceptors (Lipinski definition) is 4. The van der Waals surface area contributed by atoms with Crippen molar-refractivity contribution in [2.45, 2.75) is 32.7 Å². The highest BCUT2D eigenvalue weighted by Crippen LogP contribution is 2.02. The minimum Gasteiger partial charge on any atom is -0.469 e. The molecule has 1 amide bonds. The lowest BCUT2D eigenvalue weighted by Crippen LogP contribution is -2.42. The molecule has 3 N–H and O–H groups in total. The van der Waals surface area contributed by atoms with Gasteiger partial charge in [-0.15, -0.1) is 12.4 Å². The van der Waals surface area contributed by atoms with Crippen molar-refractivity contribution in [3.05, 3.63) is 0 Å². The number of carbonyl (C=O) groups is 2. The maximum Gasteiger partial charge on any atom is 0.307 e. The van der Waals surface area contributed by atoms with Crippen molar-refractivity contribution < 1.29 is 14.3 Å². The molecule has 0 heterocycles. The van der Waals surface area contributed by atoms with E-state index in [9.17, 15) is 9.59 Å². The second kappa shape index (κ2) is 9.42. The highest BCUT2D eigenvalue weighted by Gasteiger charge is 2.14. The largest absolute Gasteiger partial charge is 0.469 e. The van der Waals surface area contributed by atoms with Gasteiger partial charge in [-0.1, -0.05) is 13.8 Å². The van der Waals surface area contributed by atoms with Gasteiger partial charge in [-0.05, 0) is 12.3 Å². The first-order valence-electron chi connectivity index (χ1n) is 5.07. The lowest BCUT2D eigenvalue weighted by atomic mass is 10.0. The average Bonchev–Trinajstić information content (AvgIpc) is 2.16. The molecule has 1 atom stereocenters. The molecular weight excluding hydrogens is 232 g/mol. The Labute approximate surface area is 103 Å². The van der Waals surface area contributed by atoms with Crippen molar-refractivity contribution in [1.82, 2.24) is 5.32 Å². The van der Waals surface area contributed by atoms with E-state index in [0.717, 1.165) is 0 Å². The van der Waals surface area contributed by atoms with Crippen LogP contribution in [0.5, 0.6) is 0 Å². The predicted octanol–water partition coefficient (Wildman–Crippen LogP) is 0.461. The van der Waals surface area contributed by atoms with Crippen LogP contribution in [0, 0.1) is 5.92 Å². The van der Waals surface area contributed by atoms with Gasteiger partial charge in [-0.2, -0.15) is 0 Å². The van der Waals surface area contributed by atoms with Crippen molar-refractivity contribution in [3.8, 4) is 0 Å². The number of nitrogens with one attached hydrogen (secondary N) is 1. The highest BCUT2D eigenvalue weighted by molar-refractivity contribution is 5.85. The highest BCUT2D eigenvalue weighted by atomic mass is 35.5. The zero-order valence-electron chi connectivity index (χ0n) is 9.99. The van der Waals surface area contributed by atoms with Crippen LogP contribution in [0.3, 0.4) is 0 Å². The number of halogens is 1. The molecule has 0 fully saturated rings. The monoisotopic (exact) mass is 252 g/mol. The normalized spacial score (nSPS) is 11.6. The van der Waals surface area contributed by atoms with Gasteiger partial charge in [0.1, 0.15) is 0 Å². The molecule has 96 valence electrons. The first kappa shape index (κ1) is 17.6. The molecule has 0 aliphatic rings. The van der Waals surface area contributed by atoms with E-state index in [4.69, 9.17) is 5.73 Å². The van der Waals surface area contributed by atoms with Crippen LogP contribution in [0.1, 0.15) is 26.7 Å². The smallest absolute Gasteiger partial charge is 0.307 e. The number of esters is 1. The fourth-order valence-electron chi connectivity index (χ4n) is 1.14. The molecule has 0 unspecified atom stereocenters. The van der Waals surface area contributed by atoms with E-state index in [1.165, 1.54) is 7.11 Å². The molecule has 0 rings (SSSR count). The minimum atomic E-state index is -0.498. The van der Waals surface area contributed by atoms with Crippen molar-refractivity contribution >= 4 is 24.3 Å². The molecule has 0 aromatic carbocycles. The van der Waals surface area contributed by atoms with Crippen LogP contribution in [-0.2, 0) is 14.3 Å². The summed E-state index contributed by atoms with van der Waals surface area (Å²) in [5, 5.41) is 2.59. The van der Waals surface area contributed by atoms with Gasteiger partial charge in [0.05, 0.1) is 19.6 Å². The topological polar surface area (TPSA) is 81.4 Å². The van der Waals surface area contributed by atoms with Crippen LogP contribution >= 0.6 is 12.4 Å². The third kappa shape index (κ3) is 8.49. The molecule has 0 radical (unpaired) electrons. The Morgan fingerprint density at radius 1 is 1.38 bits per heavy atom. The summed E-state index contributed by atoms with van der Waals surface area (Å²) in [6.07, 6.45) is 0.820. The molecule has 0 aliphatic carbocycles. The number of methoxy groups -OCH3 is 1. The zero-order valence-corrected chi connectivity index (χ0v) is 10.8. The second-order valence-corrected chi connectivity index (χ2v) is 3.85. The van der Waals surface area contributed by atoms with E-state index < -0.39 is 6.04 Å². The predicted molar refractivity (Wildman–Crippen MR) is 64.3 cm³/mol. The Morgan fingerprint density at radius 3 is 2.38 bits per heavy atom. The van der Waals surface area contributed by atoms with Crippen LogP contribution in [-0.4, -0.2) is 31.6 Å². The van der Waals surface area contributed by atoms with Gasteiger partial charge in [0.2, 0.25) is 5.91 Å². The van der Waals surface area contributed by atoms with E-state index in [-0.39, 0.29) is 37.2 Å². The Bertz CT molecular complexity index is 222. The summed E-state index contributed by atoms with van der Waals surface area (Å²) in [6.45, 7) is 4.28. The first-order valence-corrected chi connectivity index (χ1v) is 5.07. The summed E-state index contributed by atoms with van der Waals surface area (Å²) < 4.78 is 4.44. The maximum atomic E-state index is 11.4. The number of amides is 1. The molecule has 16 heavy (non-hydrogen) atoms. The van der Waals surface area contributed by atoms with Crippen molar-refractivity contribution in [3.63, 3.8) is 0 Å². The molecule has 0 aliphatic heterocycles. The number of nitrogens with two attached hydrogens (primary N) is 1. The standard InChI is InChI=1S/C10H20N2O3.ClH/c1-7(2)6-8(11)10(14)12-5-4-9(13)15-3;/h7-8H,4-6,11H2,1-3H3,(H,12,14);1H/t8-;/m0./s1. The summed E-state index contributed by atoms with van der Waals surface area (Å²) in [5.74, 6) is -0.174. The van der Waals surface area contributed by atoms with Crippen LogP contribution in [0.2, 0.25) is 0 Å². The Hall–Kier alpha value is -0.810. The van der Waals surface area contributed by atoms with E-state index >= 15 is 0 Å². The zero-order chi connectivity index (χ0) is 11.8. The molecule has 0 aromatic rings. The molecule has 0 spiro atoms. The molecule has 6 heteroatoms. The lowest BCUT2D eigenvalue weighted by Gasteiger charge is -2.13. The lowest BCUT2D eigenvalue weighted by molar-refractivity contribution is -0.140. The van der Waals surface area contributed by atoms with Crippen molar-refractivity contribution in [2.75, 3.05) is 13.7 Å². The molecule has 5 nitrogen and oxygen atoms in total. The van der Waals surface area contributed by atoms with Crippen LogP contribution in [0.25, 0.3) is 0 Å². The maximum absolute atomic E-state index is 11.4. The number of hydrogen-bond donors (Lipinski definition) is 2. The molecule has 0 saturated heterocycles. The van der Waals surface area contributed by atoms with Gasteiger partial charge in [0, 0.05) is 6.54 Å². The van der Waals surface area contributed by atoms with Gasteiger partial charge in [0.15, 0.2) is 0 Å².